The first-order valence-electron chi connectivity index (χ1n) is 7.11. The van der Waals surface area contributed by atoms with Gasteiger partial charge in [0.1, 0.15) is 0 Å². The molecule has 0 amide bonds. The van der Waals surface area contributed by atoms with Crippen molar-refractivity contribution in [2.75, 3.05) is 12.8 Å². The van der Waals surface area contributed by atoms with Crippen LogP contribution in [0.25, 0.3) is 0 Å². The highest BCUT2D eigenvalue weighted by molar-refractivity contribution is 7.90. The van der Waals surface area contributed by atoms with Crippen molar-refractivity contribution < 1.29 is 8.42 Å². The molecule has 0 fully saturated rings. The molecular formula is C15H18N4O2S. The van der Waals surface area contributed by atoms with Crippen LogP contribution in [0.15, 0.2) is 29.6 Å². The number of fused-ring (bicyclic) bond motifs is 1. The second kappa shape index (κ2) is 5.73. The minimum absolute atomic E-state index is 0.0956. The Hall–Kier alpha value is -1.86. The highest BCUT2D eigenvalue weighted by Gasteiger charge is 2.21. The second-order valence-corrected chi connectivity index (χ2v) is 7.54. The molecule has 0 unspecified atom stereocenters. The van der Waals surface area contributed by atoms with Crippen LogP contribution >= 0.6 is 0 Å². The van der Waals surface area contributed by atoms with Gasteiger partial charge in [0.2, 0.25) is 15.0 Å². The molecule has 0 atom stereocenters. The van der Waals surface area contributed by atoms with E-state index in [-0.39, 0.29) is 5.16 Å². The maximum absolute atomic E-state index is 11.6. The van der Waals surface area contributed by atoms with Crippen LogP contribution in [0.4, 0.5) is 0 Å². The number of pyridine rings is 1. The van der Waals surface area contributed by atoms with E-state index in [0.717, 1.165) is 48.4 Å². The smallest absolute Gasteiger partial charge is 0.247 e. The van der Waals surface area contributed by atoms with Crippen LogP contribution in [0.3, 0.4) is 0 Å². The molecule has 2 aromatic rings. The van der Waals surface area contributed by atoms with Crippen LogP contribution < -0.4 is 0 Å². The third-order valence-electron chi connectivity index (χ3n) is 3.67. The van der Waals surface area contributed by atoms with Gasteiger partial charge in [0.25, 0.3) is 0 Å². The minimum Gasteiger partial charge on any atom is -0.291 e. The second-order valence-electron chi connectivity index (χ2n) is 5.63. The summed E-state index contributed by atoms with van der Waals surface area (Å²) in [4.78, 5) is 14.9. The fraction of sp³-hybridized carbons (Fsp3) is 0.400. The fourth-order valence-corrected chi connectivity index (χ4v) is 3.09. The Morgan fingerprint density at radius 2 is 2.09 bits per heavy atom. The maximum Gasteiger partial charge on any atom is 0.247 e. The lowest BCUT2D eigenvalue weighted by atomic mass is 10.1. The van der Waals surface area contributed by atoms with E-state index < -0.39 is 9.84 Å². The lowest BCUT2D eigenvalue weighted by molar-refractivity contribution is 0.237. The first kappa shape index (κ1) is 15.1. The summed E-state index contributed by atoms with van der Waals surface area (Å²) in [6, 6.07) is 5.98. The van der Waals surface area contributed by atoms with Gasteiger partial charge in [-0.05, 0) is 31.0 Å². The molecule has 6 nitrogen and oxygen atoms in total. The van der Waals surface area contributed by atoms with Crippen molar-refractivity contribution in [1.82, 2.24) is 19.9 Å². The van der Waals surface area contributed by atoms with Gasteiger partial charge in [0, 0.05) is 37.8 Å². The molecule has 0 aromatic carbocycles. The van der Waals surface area contributed by atoms with Crippen LogP contribution in [-0.4, -0.2) is 41.1 Å². The molecule has 3 rings (SSSR count). The lowest BCUT2D eigenvalue weighted by Gasteiger charge is -2.27. The number of hydrogen-bond acceptors (Lipinski definition) is 6. The molecule has 0 spiro atoms. The van der Waals surface area contributed by atoms with Crippen LogP contribution in [0.1, 0.15) is 22.6 Å². The van der Waals surface area contributed by atoms with Gasteiger partial charge in [-0.2, -0.15) is 0 Å². The summed E-state index contributed by atoms with van der Waals surface area (Å²) in [7, 11) is -3.37. The van der Waals surface area contributed by atoms with Gasteiger partial charge in [-0.15, -0.1) is 0 Å². The summed E-state index contributed by atoms with van der Waals surface area (Å²) in [6.07, 6.45) is 3.60. The van der Waals surface area contributed by atoms with Gasteiger partial charge in [0.05, 0.1) is 11.4 Å². The predicted molar refractivity (Wildman–Crippen MR) is 81.9 cm³/mol. The topological polar surface area (TPSA) is 76.1 Å². The van der Waals surface area contributed by atoms with E-state index in [1.54, 1.807) is 6.20 Å². The zero-order valence-electron chi connectivity index (χ0n) is 12.7. The zero-order valence-corrected chi connectivity index (χ0v) is 13.5. The van der Waals surface area contributed by atoms with E-state index in [1.165, 1.54) is 0 Å². The molecule has 0 bridgehead atoms. The normalized spacial score (nSPS) is 15.5. The van der Waals surface area contributed by atoms with Crippen molar-refractivity contribution >= 4 is 9.84 Å². The van der Waals surface area contributed by atoms with Crippen molar-refractivity contribution in [2.24, 2.45) is 0 Å². The van der Waals surface area contributed by atoms with Gasteiger partial charge in [-0.3, -0.25) is 9.88 Å². The number of sulfone groups is 1. The average molecular weight is 318 g/mol. The third kappa shape index (κ3) is 3.31. The van der Waals surface area contributed by atoms with Crippen molar-refractivity contribution in [1.29, 1.82) is 0 Å². The van der Waals surface area contributed by atoms with E-state index in [1.807, 2.05) is 25.1 Å². The summed E-state index contributed by atoms with van der Waals surface area (Å²) in [5.74, 6) is 0. The largest absolute Gasteiger partial charge is 0.291 e. The summed E-state index contributed by atoms with van der Waals surface area (Å²) < 4.78 is 23.2. The Morgan fingerprint density at radius 1 is 1.27 bits per heavy atom. The van der Waals surface area contributed by atoms with Gasteiger partial charge >= 0.3 is 0 Å². The van der Waals surface area contributed by atoms with E-state index in [0.29, 0.717) is 6.54 Å². The molecule has 22 heavy (non-hydrogen) atoms. The van der Waals surface area contributed by atoms with E-state index in [2.05, 4.69) is 19.9 Å². The molecule has 0 saturated heterocycles. The number of rotatable bonds is 3. The Morgan fingerprint density at radius 3 is 2.82 bits per heavy atom. The number of aryl methyl sites for hydroxylation is 1. The third-order valence-corrected chi connectivity index (χ3v) is 4.53. The first-order valence-corrected chi connectivity index (χ1v) is 9.01. The van der Waals surface area contributed by atoms with Gasteiger partial charge < -0.3 is 0 Å². The van der Waals surface area contributed by atoms with Crippen LogP contribution in [0.5, 0.6) is 0 Å². The van der Waals surface area contributed by atoms with Gasteiger partial charge in [0.15, 0.2) is 0 Å². The summed E-state index contributed by atoms with van der Waals surface area (Å²) in [5.41, 5.74) is 3.84. The first-order chi connectivity index (χ1) is 10.4. The summed E-state index contributed by atoms with van der Waals surface area (Å²) >= 11 is 0. The Kier molecular flexibility index (Phi) is 3.92. The van der Waals surface area contributed by atoms with Crippen LogP contribution in [0, 0.1) is 6.92 Å². The fourth-order valence-electron chi connectivity index (χ4n) is 2.57. The number of aromatic nitrogens is 3. The lowest BCUT2D eigenvalue weighted by Crippen LogP contribution is -2.31. The van der Waals surface area contributed by atoms with Crippen molar-refractivity contribution in [3.05, 3.63) is 47.0 Å². The average Bonchev–Trinajstić information content (AvgIpc) is 2.45. The highest BCUT2D eigenvalue weighted by atomic mass is 32.2. The van der Waals surface area contributed by atoms with Crippen molar-refractivity contribution in [3.63, 3.8) is 0 Å². The minimum atomic E-state index is -3.37. The maximum atomic E-state index is 11.6. The molecule has 1 aliphatic rings. The van der Waals surface area contributed by atoms with Crippen molar-refractivity contribution in [2.45, 2.75) is 31.6 Å². The SMILES string of the molecule is Cc1cccc(CN2CCc3cnc(S(C)(=O)=O)nc3C2)n1. The molecule has 3 heterocycles. The van der Waals surface area contributed by atoms with E-state index in [9.17, 15) is 8.42 Å². The molecule has 7 heteroatoms. The molecule has 0 aliphatic carbocycles. The molecule has 0 saturated carbocycles. The molecule has 0 N–H and O–H groups in total. The van der Waals surface area contributed by atoms with Crippen LogP contribution in [0.2, 0.25) is 0 Å². The van der Waals surface area contributed by atoms with Gasteiger partial charge in [-0.1, -0.05) is 6.07 Å². The summed E-state index contributed by atoms with van der Waals surface area (Å²) in [5, 5.41) is -0.0956. The molecular weight excluding hydrogens is 300 g/mol. The summed E-state index contributed by atoms with van der Waals surface area (Å²) in [6.45, 7) is 4.22. The van der Waals surface area contributed by atoms with E-state index >= 15 is 0 Å². The number of nitrogens with zero attached hydrogens (tertiary/aromatic N) is 4. The standard InChI is InChI=1S/C15H18N4O2S/c1-11-4-3-5-13(17-11)9-19-7-6-12-8-16-15(22(2,20)21)18-14(12)10-19/h3-5,8H,6-7,9-10H2,1-2H3. The highest BCUT2D eigenvalue weighted by Crippen LogP contribution is 2.19. The van der Waals surface area contributed by atoms with Crippen LogP contribution in [-0.2, 0) is 29.3 Å². The van der Waals surface area contributed by atoms with E-state index in [4.69, 9.17) is 0 Å². The monoisotopic (exact) mass is 318 g/mol. The van der Waals surface area contributed by atoms with Crippen molar-refractivity contribution in [3.8, 4) is 0 Å². The number of hydrogen-bond donors (Lipinski definition) is 0. The molecule has 116 valence electrons. The molecule has 2 aromatic heterocycles. The molecule has 1 aliphatic heterocycles. The quantitative estimate of drug-likeness (QED) is 0.790. The zero-order chi connectivity index (χ0) is 15.7. The Labute approximate surface area is 130 Å². The Bertz CT molecular complexity index is 805. The Balaban J connectivity index is 1.81. The molecule has 0 radical (unpaired) electrons. The predicted octanol–water partition coefficient (Wildman–Crippen LogP) is 1.14. The van der Waals surface area contributed by atoms with Gasteiger partial charge in [-0.25, -0.2) is 18.4 Å².